The van der Waals surface area contributed by atoms with E-state index in [4.69, 9.17) is 9.88 Å². The Morgan fingerprint density at radius 2 is 1.56 bits per heavy atom. The molecule has 5 heteroatoms. The molecule has 0 bridgehead atoms. The molecule has 3 atom stereocenters. The summed E-state index contributed by atoms with van der Waals surface area (Å²) in [7, 11) is 0. The Labute approximate surface area is 231 Å². The van der Waals surface area contributed by atoms with Gasteiger partial charge in [-0.1, -0.05) is 81.4 Å². The van der Waals surface area contributed by atoms with Gasteiger partial charge in [0.15, 0.2) is 0 Å². The lowest BCUT2D eigenvalue weighted by Gasteiger charge is -2.41. The van der Waals surface area contributed by atoms with Gasteiger partial charge in [-0.15, -0.1) is 0 Å². The number of aromatic nitrogens is 1. The lowest BCUT2D eigenvalue weighted by atomic mass is 9.65. The minimum atomic E-state index is -0.485. The number of aromatic amines is 1. The highest BCUT2D eigenvalue weighted by Gasteiger charge is 2.42. The van der Waals surface area contributed by atoms with Gasteiger partial charge in [0.2, 0.25) is 0 Å². The first-order chi connectivity index (χ1) is 18.8. The van der Waals surface area contributed by atoms with Crippen LogP contribution in [-0.4, -0.2) is 22.1 Å². The van der Waals surface area contributed by atoms with Crippen molar-refractivity contribution in [3.63, 3.8) is 0 Å². The third-order valence-electron chi connectivity index (χ3n) is 8.55. The molecule has 1 aliphatic heterocycles. The zero-order valence-electron chi connectivity index (χ0n) is 23.4. The van der Waals surface area contributed by atoms with Crippen LogP contribution in [0.5, 0.6) is 0 Å². The number of nitrogens with zero attached hydrogens (tertiary/aromatic N) is 2. The van der Waals surface area contributed by atoms with Crippen LogP contribution < -0.4 is 0 Å². The molecule has 200 valence electrons. The lowest BCUT2D eigenvalue weighted by molar-refractivity contribution is -0.287. The Morgan fingerprint density at radius 3 is 2.13 bits per heavy atom. The molecule has 2 aliphatic rings. The van der Waals surface area contributed by atoms with E-state index in [2.05, 4.69) is 44.0 Å². The van der Waals surface area contributed by atoms with Crippen LogP contribution in [0.1, 0.15) is 63.1 Å². The molecule has 3 unspecified atom stereocenters. The highest BCUT2D eigenvalue weighted by Crippen LogP contribution is 2.46. The van der Waals surface area contributed by atoms with Gasteiger partial charge in [0.25, 0.3) is 0 Å². The number of hydrogen-bond acceptors (Lipinski definition) is 4. The van der Waals surface area contributed by atoms with Gasteiger partial charge >= 0.3 is 0 Å². The number of allylic oxidation sites excluding steroid dienone is 1. The molecule has 1 aromatic heterocycles. The molecule has 5 rings (SSSR count). The van der Waals surface area contributed by atoms with E-state index in [1.165, 1.54) is 0 Å². The van der Waals surface area contributed by atoms with Gasteiger partial charge in [0, 0.05) is 33.8 Å². The maximum Gasteiger partial charge on any atom is 0.123 e. The molecular weight excluding hydrogens is 482 g/mol. The van der Waals surface area contributed by atoms with E-state index in [9.17, 15) is 10.5 Å². The number of nitriles is 1. The number of H-pyrrole nitrogens is 1. The van der Waals surface area contributed by atoms with Crippen molar-refractivity contribution in [2.75, 3.05) is 0 Å². The highest BCUT2D eigenvalue weighted by molar-refractivity contribution is 6.15. The summed E-state index contributed by atoms with van der Waals surface area (Å²) in [6, 6.07) is 22.6. The van der Waals surface area contributed by atoms with Crippen LogP contribution in [0.25, 0.3) is 22.8 Å². The largest absolute Gasteiger partial charge is 0.357 e. The Bertz CT molecular complexity index is 1460. The van der Waals surface area contributed by atoms with E-state index < -0.39 is 6.10 Å². The molecular formula is C34H37N3O2. The van der Waals surface area contributed by atoms with E-state index in [0.29, 0.717) is 23.3 Å². The second-order valence-electron chi connectivity index (χ2n) is 11.4. The van der Waals surface area contributed by atoms with Gasteiger partial charge < -0.3 is 4.98 Å². The van der Waals surface area contributed by atoms with Crippen LogP contribution in [0.4, 0.5) is 0 Å². The van der Waals surface area contributed by atoms with Crippen molar-refractivity contribution < 1.29 is 10.1 Å². The third-order valence-corrected chi connectivity index (χ3v) is 8.55. The molecule has 0 spiro atoms. The number of rotatable bonds is 6. The van der Waals surface area contributed by atoms with Gasteiger partial charge in [-0.25, -0.2) is 4.89 Å². The van der Waals surface area contributed by atoms with Gasteiger partial charge in [0.1, 0.15) is 12.2 Å². The van der Waals surface area contributed by atoms with Crippen LogP contribution >= 0.6 is 0 Å². The fraction of sp³-hybridized carbons (Fsp3) is 0.353. The van der Waals surface area contributed by atoms with E-state index in [-0.39, 0.29) is 5.92 Å². The third kappa shape index (κ3) is 5.03. The molecule has 39 heavy (non-hydrogen) atoms. The van der Waals surface area contributed by atoms with Crippen LogP contribution in [0.3, 0.4) is 0 Å². The van der Waals surface area contributed by atoms with Crippen LogP contribution in [0.2, 0.25) is 0 Å². The Balaban J connectivity index is 1.71. The smallest absolute Gasteiger partial charge is 0.123 e. The standard InChI is InChI=1S/C34H37N3O2/c1-20-16-21(2)30(22(3)17-20)34(39-38)31-24(5)37-29(33(31)26-14-10-7-11-15-26)18-28-32(25-12-8-6-9-13-25)27(19-35)23(4)36-28/h6-15,18,20-22,30,34,36,38H,16-17H2,1-5H3/b29-18-. The van der Waals surface area contributed by atoms with Crippen molar-refractivity contribution in [3.05, 3.63) is 94.4 Å². The van der Waals surface area contributed by atoms with Crippen molar-refractivity contribution in [2.24, 2.45) is 28.7 Å². The fourth-order valence-electron chi connectivity index (χ4n) is 7.07. The fourth-order valence-corrected chi connectivity index (χ4v) is 7.07. The molecule has 2 N–H and O–H groups in total. The Kier molecular flexibility index (Phi) is 7.70. The van der Waals surface area contributed by atoms with Gasteiger partial charge in [-0.05, 0) is 67.6 Å². The first-order valence-electron chi connectivity index (χ1n) is 13.9. The molecule has 0 radical (unpaired) electrons. The van der Waals surface area contributed by atoms with Crippen molar-refractivity contribution in [1.82, 2.24) is 4.98 Å². The highest BCUT2D eigenvalue weighted by atomic mass is 17.1. The zero-order valence-corrected chi connectivity index (χ0v) is 23.4. The molecule has 5 nitrogen and oxygen atoms in total. The second-order valence-corrected chi connectivity index (χ2v) is 11.4. The monoisotopic (exact) mass is 519 g/mol. The van der Waals surface area contributed by atoms with Crippen molar-refractivity contribution in [3.8, 4) is 17.2 Å². The molecule has 1 saturated carbocycles. The number of aryl methyl sites for hydroxylation is 1. The SMILES string of the molecule is CC1=N/C(=C\c2[nH]c(C)c(C#N)c2-c2ccccc2)C(c2ccccc2)=C1C(OO)C1C(C)CC(C)CC1C. The summed E-state index contributed by atoms with van der Waals surface area (Å²) in [5.74, 6) is 1.63. The molecule has 0 saturated heterocycles. The number of nitrogens with one attached hydrogen (secondary N) is 1. The summed E-state index contributed by atoms with van der Waals surface area (Å²) in [4.78, 5) is 13.9. The van der Waals surface area contributed by atoms with E-state index in [1.807, 2.05) is 68.5 Å². The van der Waals surface area contributed by atoms with Crippen LogP contribution in [0.15, 0.2) is 76.9 Å². The quantitative estimate of drug-likeness (QED) is 0.254. The first kappa shape index (κ1) is 26.9. The van der Waals surface area contributed by atoms with E-state index in [1.54, 1.807) is 0 Å². The first-order valence-corrected chi connectivity index (χ1v) is 13.9. The molecule has 2 aromatic carbocycles. The maximum absolute atomic E-state index is 10.4. The molecule has 1 fully saturated rings. The Hall–Kier alpha value is -3.72. The lowest BCUT2D eigenvalue weighted by Crippen LogP contribution is -2.40. The van der Waals surface area contributed by atoms with Gasteiger partial charge in [0.05, 0.1) is 11.3 Å². The average molecular weight is 520 g/mol. The summed E-state index contributed by atoms with van der Waals surface area (Å²) >= 11 is 0. The van der Waals surface area contributed by atoms with E-state index >= 15 is 0 Å². The topological polar surface area (TPSA) is 81.4 Å². The number of hydrogen-bond donors (Lipinski definition) is 2. The van der Waals surface area contributed by atoms with Gasteiger partial charge in [-0.2, -0.15) is 5.26 Å². The summed E-state index contributed by atoms with van der Waals surface area (Å²) in [5.41, 5.74) is 8.72. The zero-order chi connectivity index (χ0) is 27.7. The molecule has 0 amide bonds. The number of aliphatic imine (C=N–C) groups is 1. The summed E-state index contributed by atoms with van der Waals surface area (Å²) in [6.45, 7) is 10.8. The molecule has 2 heterocycles. The van der Waals surface area contributed by atoms with Crippen LogP contribution in [0, 0.1) is 41.9 Å². The Morgan fingerprint density at radius 1 is 0.974 bits per heavy atom. The average Bonchev–Trinajstić information content (AvgIpc) is 3.41. The summed E-state index contributed by atoms with van der Waals surface area (Å²) in [5, 5.41) is 20.4. The molecule has 1 aliphatic carbocycles. The summed E-state index contributed by atoms with van der Waals surface area (Å²) in [6.07, 6.45) is 3.78. The van der Waals surface area contributed by atoms with Crippen molar-refractivity contribution in [1.29, 1.82) is 5.26 Å². The minimum absolute atomic E-state index is 0.169. The summed E-state index contributed by atoms with van der Waals surface area (Å²) < 4.78 is 0. The van der Waals surface area contributed by atoms with Crippen molar-refractivity contribution >= 4 is 17.4 Å². The molecule has 3 aromatic rings. The minimum Gasteiger partial charge on any atom is -0.357 e. The normalized spacial score (nSPS) is 25.1. The van der Waals surface area contributed by atoms with E-state index in [0.717, 1.165) is 63.5 Å². The predicted molar refractivity (Wildman–Crippen MR) is 158 cm³/mol. The van der Waals surface area contributed by atoms with Crippen LogP contribution in [-0.2, 0) is 4.89 Å². The van der Waals surface area contributed by atoms with Crippen molar-refractivity contribution in [2.45, 2.75) is 53.6 Å². The predicted octanol–water partition coefficient (Wildman–Crippen LogP) is 8.31. The number of benzene rings is 2. The second kappa shape index (κ2) is 11.2. The van der Waals surface area contributed by atoms with Gasteiger partial charge in [-0.3, -0.25) is 10.2 Å². The maximum atomic E-state index is 10.4.